The fraction of sp³-hybridized carbons (Fsp3) is 0.875. The number of amides is 2. The Hall–Kier alpha value is -0.980. The highest BCUT2D eigenvalue weighted by atomic mass is 19.4. The van der Waals surface area contributed by atoms with Crippen LogP contribution in [-0.4, -0.2) is 31.3 Å². The van der Waals surface area contributed by atoms with Crippen LogP contribution >= 0.6 is 0 Å². The summed E-state index contributed by atoms with van der Waals surface area (Å²) in [5.41, 5.74) is 5.55. The number of urea groups is 1. The first kappa shape index (κ1) is 14.0. The lowest BCUT2D eigenvalue weighted by atomic mass is 10.2. The van der Waals surface area contributed by atoms with E-state index >= 15 is 0 Å². The number of hydrogen-bond donors (Lipinski definition) is 3. The van der Waals surface area contributed by atoms with Gasteiger partial charge in [0.15, 0.2) is 0 Å². The van der Waals surface area contributed by atoms with E-state index in [0.29, 0.717) is 0 Å². The smallest absolute Gasteiger partial charge is 0.337 e. The first-order valence-electron chi connectivity index (χ1n) is 4.69. The number of alkyl halides is 3. The van der Waals surface area contributed by atoms with Gasteiger partial charge in [-0.2, -0.15) is 13.2 Å². The van der Waals surface area contributed by atoms with Crippen LogP contribution in [0.25, 0.3) is 0 Å². The van der Waals surface area contributed by atoms with Crippen LogP contribution in [0.2, 0.25) is 0 Å². The Balaban J connectivity index is 3.58. The van der Waals surface area contributed by atoms with Crippen molar-refractivity contribution in [3.05, 3.63) is 0 Å². The second-order valence-electron chi connectivity index (χ2n) is 3.23. The molecule has 2 amide bonds. The van der Waals surface area contributed by atoms with E-state index in [9.17, 15) is 18.0 Å². The van der Waals surface area contributed by atoms with Gasteiger partial charge in [-0.25, -0.2) is 4.79 Å². The second-order valence-corrected chi connectivity index (χ2v) is 3.23. The summed E-state index contributed by atoms with van der Waals surface area (Å²) in [6.45, 7) is 0.781. The van der Waals surface area contributed by atoms with E-state index in [1.165, 1.54) is 0 Å². The highest BCUT2D eigenvalue weighted by Gasteiger charge is 2.27. The largest absolute Gasteiger partial charge is 0.405 e. The van der Waals surface area contributed by atoms with Crippen molar-refractivity contribution < 1.29 is 18.0 Å². The van der Waals surface area contributed by atoms with Crippen molar-refractivity contribution in [3.63, 3.8) is 0 Å². The van der Waals surface area contributed by atoms with Crippen molar-refractivity contribution in [2.75, 3.05) is 13.1 Å². The third-order valence-electron chi connectivity index (χ3n) is 1.63. The van der Waals surface area contributed by atoms with Crippen molar-refractivity contribution in [2.24, 2.45) is 5.73 Å². The summed E-state index contributed by atoms with van der Waals surface area (Å²) in [6.07, 6.45) is -2.80. The topological polar surface area (TPSA) is 67.1 Å². The molecule has 0 aromatic carbocycles. The summed E-state index contributed by atoms with van der Waals surface area (Å²) in [5, 5.41) is 3.95. The summed E-state index contributed by atoms with van der Waals surface area (Å²) >= 11 is 0. The number of carbonyl (C=O) groups is 1. The van der Waals surface area contributed by atoms with Gasteiger partial charge in [-0.1, -0.05) is 13.3 Å². The molecule has 0 bridgehead atoms. The molecule has 4 nitrogen and oxygen atoms in total. The lowest BCUT2D eigenvalue weighted by Crippen LogP contribution is -2.45. The van der Waals surface area contributed by atoms with Gasteiger partial charge in [-0.05, 0) is 6.42 Å². The van der Waals surface area contributed by atoms with Crippen LogP contribution in [0.15, 0.2) is 0 Å². The van der Waals surface area contributed by atoms with E-state index in [0.717, 1.165) is 12.8 Å². The molecule has 0 heterocycles. The van der Waals surface area contributed by atoms with Crippen molar-refractivity contribution in [1.82, 2.24) is 10.6 Å². The Morgan fingerprint density at radius 2 is 2.00 bits per heavy atom. The first-order chi connectivity index (χ1) is 6.85. The molecule has 0 aliphatic rings. The number of halogens is 3. The Bertz CT molecular complexity index is 196. The van der Waals surface area contributed by atoms with Crippen molar-refractivity contribution in [2.45, 2.75) is 32.0 Å². The van der Waals surface area contributed by atoms with Crippen molar-refractivity contribution in [1.29, 1.82) is 0 Å². The fourth-order valence-corrected chi connectivity index (χ4v) is 0.940. The Kier molecular flexibility index (Phi) is 6.07. The number of nitrogens with two attached hydrogens (primary N) is 1. The molecule has 0 aliphatic carbocycles. The predicted molar refractivity (Wildman–Crippen MR) is 50.3 cm³/mol. The lowest BCUT2D eigenvalue weighted by Gasteiger charge is -2.13. The molecule has 4 N–H and O–H groups in total. The van der Waals surface area contributed by atoms with Crippen LogP contribution in [-0.2, 0) is 0 Å². The zero-order valence-electron chi connectivity index (χ0n) is 8.53. The summed E-state index contributed by atoms with van der Waals surface area (Å²) in [5.74, 6) is 0. The third kappa shape index (κ3) is 9.33. The Morgan fingerprint density at radius 3 is 2.47 bits per heavy atom. The molecular weight excluding hydrogens is 211 g/mol. The van der Waals surface area contributed by atoms with Crippen molar-refractivity contribution >= 4 is 6.03 Å². The average Bonchev–Trinajstić information content (AvgIpc) is 2.11. The molecule has 15 heavy (non-hydrogen) atoms. The van der Waals surface area contributed by atoms with Crippen LogP contribution < -0.4 is 16.4 Å². The van der Waals surface area contributed by atoms with Gasteiger partial charge in [0, 0.05) is 12.6 Å². The van der Waals surface area contributed by atoms with Gasteiger partial charge < -0.3 is 16.4 Å². The monoisotopic (exact) mass is 227 g/mol. The zero-order valence-corrected chi connectivity index (χ0v) is 8.53. The summed E-state index contributed by atoms with van der Waals surface area (Å²) in [6, 6.07) is -1.06. The molecule has 1 unspecified atom stereocenters. The highest BCUT2D eigenvalue weighted by Crippen LogP contribution is 2.11. The van der Waals surface area contributed by atoms with E-state index in [-0.39, 0.29) is 12.6 Å². The minimum atomic E-state index is -4.39. The van der Waals surface area contributed by atoms with E-state index in [1.807, 2.05) is 6.92 Å². The van der Waals surface area contributed by atoms with Gasteiger partial charge in [0.1, 0.15) is 6.54 Å². The zero-order chi connectivity index (χ0) is 11.9. The van der Waals surface area contributed by atoms with Gasteiger partial charge >= 0.3 is 12.2 Å². The molecule has 0 aliphatic heterocycles. The maximum Gasteiger partial charge on any atom is 0.405 e. The SMILES string of the molecule is CCCC(N)CNC(=O)NCC(F)(F)F. The average molecular weight is 227 g/mol. The van der Waals surface area contributed by atoms with Gasteiger partial charge in [0.05, 0.1) is 0 Å². The van der Waals surface area contributed by atoms with E-state index in [2.05, 4.69) is 5.32 Å². The maximum atomic E-state index is 11.7. The number of hydrogen-bond acceptors (Lipinski definition) is 2. The number of rotatable bonds is 5. The minimum Gasteiger partial charge on any atom is -0.337 e. The highest BCUT2D eigenvalue weighted by molar-refractivity contribution is 5.73. The number of nitrogens with one attached hydrogen (secondary N) is 2. The third-order valence-corrected chi connectivity index (χ3v) is 1.63. The Labute approximate surface area is 86.4 Å². The van der Waals surface area contributed by atoms with Crippen molar-refractivity contribution in [3.8, 4) is 0 Å². The standard InChI is InChI=1S/C8H16F3N3O/c1-2-3-6(12)4-13-7(15)14-5-8(9,10)11/h6H,2-5,12H2,1H3,(H2,13,14,15). The molecular formula is C8H16F3N3O. The molecule has 0 radical (unpaired) electrons. The van der Waals surface area contributed by atoms with Crippen LogP contribution in [0, 0.1) is 0 Å². The van der Waals surface area contributed by atoms with E-state index in [1.54, 1.807) is 5.32 Å². The fourth-order valence-electron chi connectivity index (χ4n) is 0.940. The van der Waals surface area contributed by atoms with Gasteiger partial charge in [-0.15, -0.1) is 0 Å². The number of carbonyl (C=O) groups excluding carboxylic acids is 1. The molecule has 0 aromatic heterocycles. The van der Waals surface area contributed by atoms with Crippen LogP contribution in [0.3, 0.4) is 0 Å². The quantitative estimate of drug-likeness (QED) is 0.655. The lowest BCUT2D eigenvalue weighted by molar-refractivity contribution is -0.122. The summed E-state index contributed by atoms with van der Waals surface area (Å²) in [4.78, 5) is 10.8. The molecule has 1 atom stereocenters. The first-order valence-corrected chi connectivity index (χ1v) is 4.69. The molecule has 0 saturated carbocycles. The predicted octanol–water partition coefficient (Wildman–Crippen LogP) is 0.975. The van der Waals surface area contributed by atoms with E-state index in [4.69, 9.17) is 5.73 Å². The van der Waals surface area contributed by atoms with Crippen LogP contribution in [0.4, 0.5) is 18.0 Å². The van der Waals surface area contributed by atoms with Crippen LogP contribution in [0.5, 0.6) is 0 Å². The van der Waals surface area contributed by atoms with Gasteiger partial charge in [0.2, 0.25) is 0 Å². The van der Waals surface area contributed by atoms with Gasteiger partial charge in [0.25, 0.3) is 0 Å². The molecule has 90 valence electrons. The minimum absolute atomic E-state index is 0.178. The molecule has 0 saturated heterocycles. The normalized spacial score (nSPS) is 13.4. The van der Waals surface area contributed by atoms with E-state index < -0.39 is 18.8 Å². The molecule has 7 heteroatoms. The van der Waals surface area contributed by atoms with Gasteiger partial charge in [-0.3, -0.25) is 0 Å². The second kappa shape index (κ2) is 6.49. The molecule has 0 fully saturated rings. The maximum absolute atomic E-state index is 11.7. The summed E-state index contributed by atoms with van der Waals surface area (Å²) in [7, 11) is 0. The molecule has 0 rings (SSSR count). The molecule has 0 spiro atoms. The Morgan fingerprint density at radius 1 is 1.40 bits per heavy atom. The molecule has 0 aromatic rings. The summed E-state index contributed by atoms with van der Waals surface area (Å²) < 4.78 is 35.0. The van der Waals surface area contributed by atoms with Crippen LogP contribution in [0.1, 0.15) is 19.8 Å².